The van der Waals surface area contributed by atoms with Gasteiger partial charge in [0, 0.05) is 12.6 Å². The van der Waals surface area contributed by atoms with Gasteiger partial charge in [0.15, 0.2) is 0 Å². The Balaban J connectivity index is 3.18. The number of carbonyl (C=O) groups excluding carboxylic acids is 1. The minimum Gasteiger partial charge on any atom is -0.379 e. The van der Waals surface area contributed by atoms with Gasteiger partial charge in [-0.1, -0.05) is 13.8 Å². The fourth-order valence-corrected chi connectivity index (χ4v) is 1.07. The van der Waals surface area contributed by atoms with E-state index in [0.29, 0.717) is 19.1 Å². The van der Waals surface area contributed by atoms with E-state index >= 15 is 0 Å². The van der Waals surface area contributed by atoms with Crippen molar-refractivity contribution in [3.8, 4) is 0 Å². The molecule has 0 aromatic rings. The molecule has 0 rings (SSSR count). The van der Waals surface area contributed by atoms with Crippen LogP contribution >= 0.6 is 0 Å². The summed E-state index contributed by atoms with van der Waals surface area (Å²) in [6, 6.07) is 0.165. The van der Waals surface area contributed by atoms with Crippen molar-refractivity contribution in [3.63, 3.8) is 0 Å². The normalized spacial score (nSPS) is 11.1. The second-order valence-corrected chi connectivity index (χ2v) is 4.57. The number of hydrogen-bond donors (Lipinski definition) is 1. The smallest absolute Gasteiger partial charge is 0.246 e. The number of carbonyl (C=O) groups is 1. The zero-order valence-corrected chi connectivity index (χ0v) is 10.9. The molecule has 0 spiro atoms. The number of amides is 1. The average Bonchev–Trinajstić information content (AvgIpc) is 2.14. The van der Waals surface area contributed by atoms with Crippen molar-refractivity contribution in [2.24, 2.45) is 5.92 Å². The first kappa shape index (κ1) is 15.4. The summed E-state index contributed by atoms with van der Waals surface area (Å²) in [5, 5.41) is 2.75. The van der Waals surface area contributed by atoms with Crippen LogP contribution in [0.1, 0.15) is 34.1 Å². The van der Waals surface area contributed by atoms with Crippen molar-refractivity contribution >= 4 is 5.91 Å². The quantitative estimate of drug-likeness (QED) is 0.613. The molecule has 0 radical (unpaired) electrons. The van der Waals surface area contributed by atoms with Gasteiger partial charge in [-0.2, -0.15) is 0 Å². The lowest BCUT2D eigenvalue weighted by atomic mass is 10.1. The Bertz CT molecular complexity index is 181. The van der Waals surface area contributed by atoms with Crippen LogP contribution in [0.15, 0.2) is 0 Å². The van der Waals surface area contributed by atoms with Crippen molar-refractivity contribution in [2.75, 3.05) is 26.4 Å². The number of rotatable bonds is 9. The molecule has 4 nitrogen and oxygen atoms in total. The van der Waals surface area contributed by atoms with E-state index in [1.807, 2.05) is 13.8 Å². The fraction of sp³-hybridized carbons (Fsp3) is 0.917. The molecule has 96 valence electrons. The zero-order chi connectivity index (χ0) is 12.4. The van der Waals surface area contributed by atoms with E-state index in [-0.39, 0.29) is 18.6 Å². The maximum absolute atomic E-state index is 11.2. The highest BCUT2D eigenvalue weighted by atomic mass is 16.5. The van der Waals surface area contributed by atoms with Crippen LogP contribution in [0.25, 0.3) is 0 Å². The van der Waals surface area contributed by atoms with Crippen molar-refractivity contribution in [3.05, 3.63) is 0 Å². The van der Waals surface area contributed by atoms with E-state index in [1.165, 1.54) is 0 Å². The van der Waals surface area contributed by atoms with Crippen LogP contribution in [0.3, 0.4) is 0 Å². The van der Waals surface area contributed by atoms with Gasteiger partial charge in [-0.25, -0.2) is 0 Å². The molecular formula is C12H25NO3. The molecule has 0 aliphatic carbocycles. The van der Waals surface area contributed by atoms with Crippen molar-refractivity contribution < 1.29 is 14.3 Å². The summed E-state index contributed by atoms with van der Waals surface area (Å²) >= 11 is 0. The molecule has 0 aromatic heterocycles. The standard InChI is InChI=1S/C12H25NO3/c1-10(2)5-6-15-7-8-16-9-12(14)13-11(3)4/h10-11H,5-9H2,1-4H3,(H,13,14). The molecule has 0 aliphatic rings. The highest BCUT2D eigenvalue weighted by Gasteiger charge is 2.02. The van der Waals surface area contributed by atoms with Crippen molar-refractivity contribution in [2.45, 2.75) is 40.2 Å². The molecule has 1 N–H and O–H groups in total. The first-order valence-electron chi connectivity index (χ1n) is 5.97. The van der Waals surface area contributed by atoms with E-state index in [0.717, 1.165) is 13.0 Å². The van der Waals surface area contributed by atoms with Gasteiger partial charge in [0.05, 0.1) is 13.2 Å². The van der Waals surface area contributed by atoms with E-state index in [2.05, 4.69) is 19.2 Å². The Morgan fingerprint density at radius 3 is 2.25 bits per heavy atom. The number of nitrogens with one attached hydrogen (secondary N) is 1. The van der Waals surface area contributed by atoms with Gasteiger partial charge in [-0.15, -0.1) is 0 Å². The highest BCUT2D eigenvalue weighted by Crippen LogP contribution is 1.98. The summed E-state index contributed by atoms with van der Waals surface area (Å²) in [7, 11) is 0. The van der Waals surface area contributed by atoms with Crippen LogP contribution in [0, 0.1) is 5.92 Å². The Kier molecular flexibility index (Phi) is 9.24. The summed E-state index contributed by atoms with van der Waals surface area (Å²) in [5.74, 6) is 0.593. The van der Waals surface area contributed by atoms with Crippen LogP contribution in [0.2, 0.25) is 0 Å². The first-order chi connectivity index (χ1) is 7.52. The summed E-state index contributed by atoms with van der Waals surface area (Å²) in [4.78, 5) is 11.2. The Morgan fingerprint density at radius 2 is 1.69 bits per heavy atom. The lowest BCUT2D eigenvalue weighted by molar-refractivity contribution is -0.126. The summed E-state index contributed by atoms with van der Waals surface area (Å²) in [6.45, 7) is 10.1. The lowest BCUT2D eigenvalue weighted by Gasteiger charge is -2.09. The first-order valence-corrected chi connectivity index (χ1v) is 5.97. The predicted molar refractivity (Wildman–Crippen MR) is 64.4 cm³/mol. The third kappa shape index (κ3) is 11.5. The molecule has 0 fully saturated rings. The van der Waals surface area contributed by atoms with Gasteiger partial charge >= 0.3 is 0 Å². The minimum absolute atomic E-state index is 0.0721. The topological polar surface area (TPSA) is 47.6 Å². The van der Waals surface area contributed by atoms with Crippen molar-refractivity contribution in [1.29, 1.82) is 0 Å². The maximum atomic E-state index is 11.2. The minimum atomic E-state index is -0.0721. The third-order valence-electron chi connectivity index (χ3n) is 1.89. The van der Waals surface area contributed by atoms with Gasteiger partial charge < -0.3 is 14.8 Å². The summed E-state index contributed by atoms with van der Waals surface area (Å²) in [5.41, 5.74) is 0. The van der Waals surface area contributed by atoms with Crippen LogP contribution < -0.4 is 5.32 Å². The van der Waals surface area contributed by atoms with Gasteiger partial charge in [0.25, 0.3) is 0 Å². The summed E-state index contributed by atoms with van der Waals surface area (Å²) < 4.78 is 10.5. The monoisotopic (exact) mass is 231 g/mol. The van der Waals surface area contributed by atoms with Gasteiger partial charge in [0.1, 0.15) is 6.61 Å². The molecule has 0 atom stereocenters. The molecule has 16 heavy (non-hydrogen) atoms. The second-order valence-electron chi connectivity index (χ2n) is 4.57. The molecular weight excluding hydrogens is 206 g/mol. The Morgan fingerprint density at radius 1 is 1.06 bits per heavy atom. The van der Waals surface area contributed by atoms with Crippen LogP contribution in [-0.2, 0) is 14.3 Å². The maximum Gasteiger partial charge on any atom is 0.246 e. The number of ether oxygens (including phenoxy) is 2. The molecule has 0 aliphatic heterocycles. The number of hydrogen-bond acceptors (Lipinski definition) is 3. The predicted octanol–water partition coefficient (Wildman–Crippen LogP) is 1.59. The van der Waals surface area contributed by atoms with E-state index in [4.69, 9.17) is 9.47 Å². The molecule has 0 saturated heterocycles. The Hall–Kier alpha value is -0.610. The molecule has 0 heterocycles. The third-order valence-corrected chi connectivity index (χ3v) is 1.89. The molecule has 1 amide bonds. The second kappa shape index (κ2) is 9.60. The van der Waals surface area contributed by atoms with Gasteiger partial charge in [-0.05, 0) is 26.2 Å². The van der Waals surface area contributed by atoms with E-state index in [1.54, 1.807) is 0 Å². The van der Waals surface area contributed by atoms with Gasteiger partial charge in [0.2, 0.25) is 5.91 Å². The van der Waals surface area contributed by atoms with E-state index in [9.17, 15) is 4.79 Å². The molecule has 0 saturated carbocycles. The van der Waals surface area contributed by atoms with Gasteiger partial charge in [-0.3, -0.25) is 4.79 Å². The van der Waals surface area contributed by atoms with Crippen LogP contribution in [0.5, 0.6) is 0 Å². The highest BCUT2D eigenvalue weighted by molar-refractivity contribution is 5.77. The summed E-state index contributed by atoms with van der Waals surface area (Å²) in [6.07, 6.45) is 1.06. The Labute approximate surface area is 98.7 Å². The molecule has 4 heteroatoms. The van der Waals surface area contributed by atoms with Crippen molar-refractivity contribution in [1.82, 2.24) is 5.32 Å². The zero-order valence-electron chi connectivity index (χ0n) is 10.9. The van der Waals surface area contributed by atoms with Crippen LogP contribution in [0.4, 0.5) is 0 Å². The lowest BCUT2D eigenvalue weighted by Crippen LogP contribution is -2.33. The molecule has 0 bridgehead atoms. The van der Waals surface area contributed by atoms with Crippen LogP contribution in [-0.4, -0.2) is 38.4 Å². The largest absolute Gasteiger partial charge is 0.379 e. The molecule has 0 aromatic carbocycles. The van der Waals surface area contributed by atoms with E-state index < -0.39 is 0 Å². The molecule has 0 unspecified atom stereocenters. The fourth-order valence-electron chi connectivity index (χ4n) is 1.07. The average molecular weight is 231 g/mol. The SMILES string of the molecule is CC(C)CCOCCOCC(=O)NC(C)C.